The summed E-state index contributed by atoms with van der Waals surface area (Å²) in [5, 5.41) is 3.58. The van der Waals surface area contributed by atoms with Gasteiger partial charge in [0, 0.05) is 19.3 Å². The van der Waals surface area contributed by atoms with Gasteiger partial charge >= 0.3 is 0 Å². The van der Waals surface area contributed by atoms with E-state index in [4.69, 9.17) is 9.47 Å². The summed E-state index contributed by atoms with van der Waals surface area (Å²) in [7, 11) is 1.65. The van der Waals surface area contributed by atoms with E-state index < -0.39 is 5.66 Å². The van der Waals surface area contributed by atoms with Crippen molar-refractivity contribution in [2.24, 2.45) is 0 Å². The summed E-state index contributed by atoms with van der Waals surface area (Å²) in [6.45, 7) is 3.65. The maximum absolute atomic E-state index is 13.3. The fourth-order valence-electron chi connectivity index (χ4n) is 4.18. The van der Waals surface area contributed by atoms with Crippen molar-refractivity contribution < 1.29 is 14.3 Å². The van der Waals surface area contributed by atoms with Crippen LogP contribution >= 0.6 is 0 Å². The van der Waals surface area contributed by atoms with Gasteiger partial charge in [0.2, 0.25) is 0 Å². The van der Waals surface area contributed by atoms with Gasteiger partial charge in [0.15, 0.2) is 0 Å². The van der Waals surface area contributed by atoms with Gasteiger partial charge in [-0.25, -0.2) is 0 Å². The first kappa shape index (κ1) is 21.9. The minimum Gasteiger partial charge on any atom is -0.494 e. The van der Waals surface area contributed by atoms with Crippen LogP contribution in [0.4, 0.5) is 5.69 Å². The summed E-state index contributed by atoms with van der Waals surface area (Å²) in [5.41, 5.74) is 3.15. The molecule has 5 heteroatoms. The lowest BCUT2D eigenvalue weighted by atomic mass is 9.93. The van der Waals surface area contributed by atoms with Crippen molar-refractivity contribution >= 4 is 11.6 Å². The molecule has 3 aromatic carbocycles. The van der Waals surface area contributed by atoms with Crippen LogP contribution in [0, 0.1) is 0 Å². The number of amides is 1. The summed E-state index contributed by atoms with van der Waals surface area (Å²) in [5.74, 6) is 0.830. The third-order valence-corrected chi connectivity index (χ3v) is 5.98. The zero-order valence-corrected chi connectivity index (χ0v) is 18.7. The largest absolute Gasteiger partial charge is 0.494 e. The smallest absolute Gasteiger partial charge is 0.258 e. The van der Waals surface area contributed by atoms with Crippen molar-refractivity contribution in [2.45, 2.75) is 25.4 Å². The Morgan fingerprint density at radius 1 is 0.906 bits per heavy atom. The number of hydrogen-bond donors (Lipinski definition) is 1. The number of carbonyl (C=O) groups is 1. The highest BCUT2D eigenvalue weighted by Gasteiger charge is 2.42. The Balaban J connectivity index is 1.46. The highest BCUT2D eigenvalue weighted by Crippen LogP contribution is 2.38. The average Bonchev–Trinajstić information content (AvgIpc) is 2.83. The minimum absolute atomic E-state index is 0.000128. The number of rotatable bonds is 9. The van der Waals surface area contributed by atoms with Crippen LogP contribution in [0.1, 0.15) is 34.8 Å². The third kappa shape index (κ3) is 4.63. The second-order valence-corrected chi connectivity index (χ2v) is 8.15. The third-order valence-electron chi connectivity index (χ3n) is 5.98. The van der Waals surface area contributed by atoms with Gasteiger partial charge in [0.05, 0.1) is 18.8 Å². The fraction of sp³-hybridized carbons (Fsp3) is 0.296. The lowest BCUT2D eigenvalue weighted by Crippen LogP contribution is -2.56. The Morgan fingerprint density at radius 3 is 2.38 bits per heavy atom. The standard InChI is InChI=1S/C27H30N2O3/c1-27(28-25-13-7-6-12-24(25)26(30)29(27)18-20-31-2)22-14-16-23(17-15-22)32-19-8-11-21-9-4-3-5-10-21/h3-7,9-10,12-17,28H,8,11,18-20H2,1-2H3. The summed E-state index contributed by atoms with van der Waals surface area (Å²) < 4.78 is 11.2. The van der Waals surface area contributed by atoms with Crippen LogP contribution in [0.5, 0.6) is 5.75 Å². The highest BCUT2D eigenvalue weighted by atomic mass is 16.5. The van der Waals surface area contributed by atoms with Crippen LogP contribution in [-0.4, -0.2) is 37.7 Å². The number of carbonyl (C=O) groups excluding carboxylic acids is 1. The van der Waals surface area contributed by atoms with Gasteiger partial charge in [-0.1, -0.05) is 54.6 Å². The summed E-state index contributed by atoms with van der Waals surface area (Å²) in [6.07, 6.45) is 1.96. The molecule has 1 heterocycles. The number of anilines is 1. The molecule has 0 radical (unpaired) electrons. The van der Waals surface area contributed by atoms with Crippen molar-refractivity contribution in [2.75, 3.05) is 32.2 Å². The van der Waals surface area contributed by atoms with Crippen molar-refractivity contribution in [3.8, 4) is 5.75 Å². The normalized spacial score (nSPS) is 17.6. The molecule has 1 unspecified atom stereocenters. The molecule has 0 saturated heterocycles. The summed E-state index contributed by atoms with van der Waals surface area (Å²) >= 11 is 0. The van der Waals surface area contributed by atoms with E-state index in [-0.39, 0.29) is 5.91 Å². The Labute approximate surface area is 190 Å². The molecule has 3 aromatic rings. The molecule has 32 heavy (non-hydrogen) atoms. The lowest BCUT2D eigenvalue weighted by molar-refractivity contribution is 0.0438. The number of nitrogens with one attached hydrogen (secondary N) is 1. The predicted molar refractivity (Wildman–Crippen MR) is 127 cm³/mol. The van der Waals surface area contributed by atoms with E-state index in [2.05, 4.69) is 29.6 Å². The number of fused-ring (bicyclic) bond motifs is 1. The number of aryl methyl sites for hydroxylation is 1. The Bertz CT molecular complexity index is 1040. The molecule has 0 spiro atoms. The number of nitrogens with zero attached hydrogens (tertiary/aromatic N) is 1. The van der Waals surface area contributed by atoms with E-state index in [1.165, 1.54) is 5.56 Å². The number of ether oxygens (including phenoxy) is 2. The first-order valence-corrected chi connectivity index (χ1v) is 11.1. The molecule has 4 rings (SSSR count). The molecular weight excluding hydrogens is 400 g/mol. The van der Waals surface area contributed by atoms with Crippen LogP contribution in [0.2, 0.25) is 0 Å². The van der Waals surface area contributed by atoms with E-state index in [0.29, 0.717) is 25.3 Å². The molecule has 1 amide bonds. The van der Waals surface area contributed by atoms with E-state index >= 15 is 0 Å². The number of methoxy groups -OCH3 is 1. The predicted octanol–water partition coefficient (Wildman–Crippen LogP) is 5.09. The molecule has 5 nitrogen and oxygen atoms in total. The van der Waals surface area contributed by atoms with Crippen LogP contribution in [0.15, 0.2) is 78.9 Å². The van der Waals surface area contributed by atoms with Crippen LogP contribution in [0.3, 0.4) is 0 Å². The van der Waals surface area contributed by atoms with Crippen LogP contribution in [-0.2, 0) is 16.8 Å². The number of hydrogen-bond acceptors (Lipinski definition) is 4. The van der Waals surface area contributed by atoms with E-state index in [0.717, 1.165) is 29.8 Å². The quantitative estimate of drug-likeness (QED) is 0.481. The maximum Gasteiger partial charge on any atom is 0.258 e. The van der Waals surface area contributed by atoms with Gasteiger partial charge in [-0.05, 0) is 55.2 Å². The summed E-state index contributed by atoms with van der Waals surface area (Å²) in [4.78, 5) is 15.1. The molecule has 1 aliphatic rings. The van der Waals surface area contributed by atoms with Crippen molar-refractivity contribution in [3.63, 3.8) is 0 Å². The topological polar surface area (TPSA) is 50.8 Å². The first-order chi connectivity index (χ1) is 15.6. The molecule has 0 aliphatic carbocycles. The van der Waals surface area contributed by atoms with Crippen molar-refractivity contribution in [3.05, 3.63) is 95.6 Å². The molecular formula is C27H30N2O3. The number of para-hydroxylation sites is 1. The lowest BCUT2D eigenvalue weighted by Gasteiger charge is -2.46. The van der Waals surface area contributed by atoms with Crippen molar-refractivity contribution in [1.82, 2.24) is 4.90 Å². The zero-order chi connectivity index (χ0) is 22.4. The Morgan fingerprint density at radius 2 is 1.62 bits per heavy atom. The molecule has 1 atom stereocenters. The van der Waals surface area contributed by atoms with Gasteiger partial charge in [-0.15, -0.1) is 0 Å². The molecule has 1 N–H and O–H groups in total. The van der Waals surface area contributed by atoms with Gasteiger partial charge in [-0.2, -0.15) is 0 Å². The van der Waals surface area contributed by atoms with E-state index in [9.17, 15) is 4.79 Å². The van der Waals surface area contributed by atoms with Crippen molar-refractivity contribution in [1.29, 1.82) is 0 Å². The fourth-order valence-corrected chi connectivity index (χ4v) is 4.18. The van der Waals surface area contributed by atoms with Crippen LogP contribution < -0.4 is 10.1 Å². The minimum atomic E-state index is -0.685. The molecule has 1 aliphatic heterocycles. The monoisotopic (exact) mass is 430 g/mol. The molecule has 0 fully saturated rings. The molecule has 0 aromatic heterocycles. The van der Waals surface area contributed by atoms with Gasteiger partial charge in [0.25, 0.3) is 5.91 Å². The van der Waals surface area contributed by atoms with E-state index in [1.54, 1.807) is 7.11 Å². The molecule has 0 saturated carbocycles. The van der Waals surface area contributed by atoms with E-state index in [1.807, 2.05) is 66.4 Å². The second-order valence-electron chi connectivity index (χ2n) is 8.15. The SMILES string of the molecule is COCCN1C(=O)c2ccccc2NC1(C)c1ccc(OCCCc2ccccc2)cc1. The first-order valence-electron chi connectivity index (χ1n) is 11.1. The Hall–Kier alpha value is -3.31. The van der Waals surface area contributed by atoms with Gasteiger partial charge in [0.1, 0.15) is 11.4 Å². The molecule has 166 valence electrons. The highest BCUT2D eigenvalue weighted by molar-refractivity contribution is 6.02. The molecule has 0 bridgehead atoms. The maximum atomic E-state index is 13.3. The zero-order valence-electron chi connectivity index (χ0n) is 18.7. The average molecular weight is 431 g/mol. The Kier molecular flexibility index (Phi) is 6.76. The summed E-state index contributed by atoms with van der Waals surface area (Å²) in [6, 6.07) is 26.1. The van der Waals surface area contributed by atoms with Gasteiger partial charge in [-0.3, -0.25) is 4.79 Å². The van der Waals surface area contributed by atoms with Crippen LogP contribution in [0.25, 0.3) is 0 Å². The number of benzene rings is 3. The second kappa shape index (κ2) is 9.88. The van der Waals surface area contributed by atoms with Gasteiger partial charge < -0.3 is 19.7 Å².